The monoisotopic (exact) mass is 456 g/mol. The molecule has 0 radical (unpaired) electrons. The lowest BCUT2D eigenvalue weighted by Gasteiger charge is -2.40. The molecule has 5 nitrogen and oxygen atoms in total. The van der Waals surface area contributed by atoms with E-state index in [1.165, 1.54) is 0 Å². The van der Waals surface area contributed by atoms with Crippen molar-refractivity contribution in [2.24, 2.45) is 0 Å². The lowest BCUT2D eigenvalue weighted by Crippen LogP contribution is -2.49. The molecule has 31 heavy (non-hydrogen) atoms. The maximum atomic E-state index is 12.9. The van der Waals surface area contributed by atoms with E-state index in [4.69, 9.17) is 33.3 Å². The van der Waals surface area contributed by atoms with Crippen molar-refractivity contribution in [3.63, 3.8) is 0 Å². The first-order valence-corrected chi connectivity index (χ1v) is 11.2. The van der Waals surface area contributed by atoms with Gasteiger partial charge < -0.3 is 19.7 Å². The Labute approximate surface area is 193 Å². The second kappa shape index (κ2) is 9.28. The Hall–Kier alpha value is -2.57. The molecule has 1 N–H and O–H groups in total. The summed E-state index contributed by atoms with van der Waals surface area (Å²) in [5.41, 5.74) is 3.76. The van der Waals surface area contributed by atoms with Crippen LogP contribution in [-0.4, -0.2) is 29.5 Å². The van der Waals surface area contributed by atoms with Gasteiger partial charge in [-0.3, -0.25) is 4.79 Å². The number of ketones is 1. The molecule has 0 saturated carbocycles. The second-order valence-corrected chi connectivity index (χ2v) is 8.42. The Morgan fingerprint density at radius 3 is 2.77 bits per heavy atom. The fourth-order valence-electron chi connectivity index (χ4n) is 4.21. The van der Waals surface area contributed by atoms with Crippen LogP contribution in [0.5, 0.6) is 11.5 Å². The Balaban J connectivity index is 1.63. The van der Waals surface area contributed by atoms with Gasteiger partial charge in [-0.2, -0.15) is 0 Å². The van der Waals surface area contributed by atoms with Crippen LogP contribution < -0.4 is 14.8 Å². The number of carbonyl (C=O) groups excluding carboxylic acids is 1. The first-order valence-electron chi connectivity index (χ1n) is 10.4. The highest BCUT2D eigenvalue weighted by molar-refractivity contribution is 7.80. The summed E-state index contributed by atoms with van der Waals surface area (Å²) >= 11 is 11.7. The predicted molar refractivity (Wildman–Crippen MR) is 126 cm³/mol. The minimum Gasteiger partial charge on any atom is -0.493 e. The number of halogens is 1. The molecule has 1 aliphatic carbocycles. The first kappa shape index (κ1) is 21.7. The number of ether oxygens (including phenoxy) is 2. The normalized spacial score (nSPS) is 18.5. The number of rotatable bonds is 6. The Morgan fingerprint density at radius 2 is 2.03 bits per heavy atom. The maximum absolute atomic E-state index is 12.9. The van der Waals surface area contributed by atoms with Crippen molar-refractivity contribution < 1.29 is 14.3 Å². The lowest BCUT2D eigenvalue weighted by molar-refractivity contribution is -0.116. The van der Waals surface area contributed by atoms with Crippen LogP contribution in [0, 0.1) is 0 Å². The van der Waals surface area contributed by atoms with E-state index < -0.39 is 0 Å². The van der Waals surface area contributed by atoms with Gasteiger partial charge in [-0.15, -0.1) is 0 Å². The van der Waals surface area contributed by atoms with Crippen molar-refractivity contribution in [1.29, 1.82) is 0 Å². The summed E-state index contributed by atoms with van der Waals surface area (Å²) in [5, 5.41) is 4.69. The van der Waals surface area contributed by atoms with Crippen LogP contribution in [0.1, 0.15) is 43.4 Å². The van der Waals surface area contributed by atoms with Gasteiger partial charge in [0.1, 0.15) is 6.61 Å². The standard InChI is InChI=1S/C24H25ClN2O3S/c1-3-27-18-8-5-9-19(28)22(18)23(26-24(27)31)16-10-11-20(21(13-16)29-2)30-14-15-6-4-7-17(25)12-15/h4,6-7,10-13,23H,3,5,8-9,14H2,1-2H3,(H,26,31). The molecule has 1 heterocycles. The first-order chi connectivity index (χ1) is 15.0. The Kier molecular flexibility index (Phi) is 6.49. The van der Waals surface area contributed by atoms with Gasteiger partial charge in [0.2, 0.25) is 0 Å². The van der Waals surface area contributed by atoms with E-state index in [2.05, 4.69) is 5.32 Å². The van der Waals surface area contributed by atoms with Crippen LogP contribution >= 0.6 is 23.8 Å². The van der Waals surface area contributed by atoms with E-state index in [-0.39, 0.29) is 11.8 Å². The summed E-state index contributed by atoms with van der Waals surface area (Å²) in [5.74, 6) is 1.42. The zero-order chi connectivity index (χ0) is 22.0. The van der Waals surface area contributed by atoms with Gasteiger partial charge in [0, 0.05) is 29.3 Å². The number of nitrogens with zero attached hydrogens (tertiary/aromatic N) is 1. The quantitative estimate of drug-likeness (QED) is 0.604. The molecule has 2 aromatic carbocycles. The number of allylic oxidation sites excluding steroid dienone is 1. The fourth-order valence-corrected chi connectivity index (χ4v) is 4.78. The van der Waals surface area contributed by atoms with Crippen molar-refractivity contribution in [3.05, 3.63) is 69.9 Å². The highest BCUT2D eigenvalue weighted by atomic mass is 35.5. The van der Waals surface area contributed by atoms with Gasteiger partial charge in [-0.25, -0.2) is 0 Å². The topological polar surface area (TPSA) is 50.8 Å². The van der Waals surface area contributed by atoms with Gasteiger partial charge >= 0.3 is 0 Å². The van der Waals surface area contributed by atoms with Crippen LogP contribution in [0.2, 0.25) is 5.02 Å². The summed E-state index contributed by atoms with van der Waals surface area (Å²) in [4.78, 5) is 14.9. The molecule has 0 aromatic heterocycles. The van der Waals surface area contributed by atoms with Crippen molar-refractivity contribution in [2.45, 2.75) is 38.8 Å². The maximum Gasteiger partial charge on any atom is 0.173 e. The molecule has 0 amide bonds. The van der Waals surface area contributed by atoms with Crippen molar-refractivity contribution in [1.82, 2.24) is 10.2 Å². The molecule has 1 atom stereocenters. The molecule has 7 heteroatoms. The molecule has 4 rings (SSSR count). The zero-order valence-electron chi connectivity index (χ0n) is 17.6. The molecule has 0 bridgehead atoms. The third-order valence-electron chi connectivity index (χ3n) is 5.68. The zero-order valence-corrected chi connectivity index (χ0v) is 19.2. The average Bonchev–Trinajstić information content (AvgIpc) is 2.77. The Bertz CT molecular complexity index is 1050. The molecular formula is C24H25ClN2O3S. The number of carbonyl (C=O) groups is 1. The number of thiocarbonyl (C=S) groups is 1. The molecule has 2 aromatic rings. The van der Waals surface area contributed by atoms with E-state index in [1.54, 1.807) is 7.11 Å². The van der Waals surface area contributed by atoms with E-state index in [1.807, 2.05) is 54.3 Å². The molecule has 2 aliphatic rings. The fraction of sp³-hybridized carbons (Fsp3) is 0.333. The molecule has 0 spiro atoms. The van der Waals surface area contributed by atoms with Crippen LogP contribution in [0.15, 0.2) is 53.7 Å². The van der Waals surface area contributed by atoms with Crippen molar-refractivity contribution >= 4 is 34.7 Å². The van der Waals surface area contributed by atoms with Crippen LogP contribution in [-0.2, 0) is 11.4 Å². The summed E-state index contributed by atoms with van der Waals surface area (Å²) in [6.07, 6.45) is 2.30. The van der Waals surface area contributed by atoms with Crippen molar-refractivity contribution in [2.75, 3.05) is 13.7 Å². The molecule has 0 saturated heterocycles. The molecule has 1 aliphatic heterocycles. The van der Waals surface area contributed by atoms with E-state index in [0.29, 0.717) is 34.7 Å². The highest BCUT2D eigenvalue weighted by Crippen LogP contribution is 2.39. The van der Waals surface area contributed by atoms with Gasteiger partial charge in [0.15, 0.2) is 22.4 Å². The predicted octanol–water partition coefficient (Wildman–Crippen LogP) is 5.19. The van der Waals surface area contributed by atoms with E-state index in [0.717, 1.165) is 41.8 Å². The summed E-state index contributed by atoms with van der Waals surface area (Å²) < 4.78 is 11.6. The number of methoxy groups -OCH3 is 1. The molecule has 0 fully saturated rings. The third kappa shape index (κ3) is 4.41. The summed E-state index contributed by atoms with van der Waals surface area (Å²) in [6, 6.07) is 13.0. The minimum atomic E-state index is -0.283. The van der Waals surface area contributed by atoms with E-state index >= 15 is 0 Å². The molecule has 162 valence electrons. The SMILES string of the molecule is CCN1C(=S)NC(c2ccc(OCc3cccc(Cl)c3)c(OC)c2)C2=C1CCCC2=O. The minimum absolute atomic E-state index is 0.181. The lowest BCUT2D eigenvalue weighted by atomic mass is 9.84. The number of hydrogen-bond acceptors (Lipinski definition) is 4. The average molecular weight is 457 g/mol. The Morgan fingerprint density at radius 1 is 1.19 bits per heavy atom. The number of Topliss-reactive ketones (excluding diaryl/α,β-unsaturated/α-hetero) is 1. The molecule has 1 unspecified atom stereocenters. The highest BCUT2D eigenvalue weighted by Gasteiger charge is 2.36. The smallest absolute Gasteiger partial charge is 0.173 e. The number of hydrogen-bond donors (Lipinski definition) is 1. The molecular weight excluding hydrogens is 432 g/mol. The van der Waals surface area contributed by atoms with Crippen molar-refractivity contribution in [3.8, 4) is 11.5 Å². The van der Waals surface area contributed by atoms with Gasteiger partial charge in [0.05, 0.1) is 13.2 Å². The van der Waals surface area contributed by atoms with Gasteiger partial charge in [-0.05, 0) is 67.4 Å². The largest absolute Gasteiger partial charge is 0.493 e. The summed E-state index contributed by atoms with van der Waals surface area (Å²) in [7, 11) is 1.61. The number of nitrogens with one attached hydrogen (secondary N) is 1. The van der Waals surface area contributed by atoms with Gasteiger partial charge in [-0.1, -0.05) is 29.8 Å². The van der Waals surface area contributed by atoms with Crippen LogP contribution in [0.4, 0.5) is 0 Å². The van der Waals surface area contributed by atoms with Crippen LogP contribution in [0.25, 0.3) is 0 Å². The van der Waals surface area contributed by atoms with E-state index in [9.17, 15) is 4.79 Å². The third-order valence-corrected chi connectivity index (χ3v) is 6.25. The van der Waals surface area contributed by atoms with Gasteiger partial charge in [0.25, 0.3) is 0 Å². The van der Waals surface area contributed by atoms with Crippen LogP contribution in [0.3, 0.4) is 0 Å². The second-order valence-electron chi connectivity index (χ2n) is 7.59. The number of benzene rings is 2. The summed E-state index contributed by atoms with van der Waals surface area (Å²) in [6.45, 7) is 3.17.